The van der Waals surface area contributed by atoms with Gasteiger partial charge in [-0.1, -0.05) is 35.3 Å². The van der Waals surface area contributed by atoms with E-state index < -0.39 is 26.4 Å². The summed E-state index contributed by atoms with van der Waals surface area (Å²) in [5.74, 6) is -0.501. The second-order valence-corrected chi connectivity index (χ2v) is 9.55. The number of carbonyl (C=O) groups excluding carboxylic acids is 1. The number of hydrogen-bond donors (Lipinski definition) is 5. The molecule has 9 nitrogen and oxygen atoms in total. The molecule has 1 amide bonds. The minimum atomic E-state index is -4.73. The third-order valence-corrected chi connectivity index (χ3v) is 5.58. The van der Waals surface area contributed by atoms with E-state index in [1.54, 1.807) is 49.7 Å². The van der Waals surface area contributed by atoms with E-state index in [4.69, 9.17) is 33.0 Å². The summed E-state index contributed by atoms with van der Waals surface area (Å²) in [4.78, 5) is 38.0. The number of rotatable bonds is 11. The molecular formula is C21H27Cl2N4O5P. The summed E-state index contributed by atoms with van der Waals surface area (Å²) in [7, 11) is -4.73. The number of hydrogen-bond acceptors (Lipinski definition) is 5. The van der Waals surface area contributed by atoms with Crippen molar-refractivity contribution in [1.29, 1.82) is 0 Å². The number of phosphoric acid groups is 1. The number of amides is 1. The van der Waals surface area contributed by atoms with Gasteiger partial charge in [-0.05, 0) is 55.7 Å². The predicted octanol–water partition coefficient (Wildman–Crippen LogP) is 4.24. The molecule has 0 aliphatic heterocycles. The van der Waals surface area contributed by atoms with Crippen LogP contribution in [0.5, 0.6) is 0 Å². The zero-order valence-electron chi connectivity index (χ0n) is 18.4. The average molecular weight is 517 g/mol. The molecule has 1 heterocycles. The van der Waals surface area contributed by atoms with Gasteiger partial charge in [0.1, 0.15) is 5.69 Å². The fourth-order valence-corrected chi connectivity index (χ4v) is 3.41. The van der Waals surface area contributed by atoms with Crippen molar-refractivity contribution in [2.24, 2.45) is 4.99 Å². The van der Waals surface area contributed by atoms with Crippen molar-refractivity contribution < 1.29 is 23.7 Å². The van der Waals surface area contributed by atoms with Gasteiger partial charge in [-0.25, -0.2) is 4.57 Å². The summed E-state index contributed by atoms with van der Waals surface area (Å²) in [6.45, 7) is 5.82. The number of allylic oxidation sites excluding steroid dienone is 2. The lowest BCUT2D eigenvalue weighted by Gasteiger charge is -2.19. The third kappa shape index (κ3) is 9.43. The Morgan fingerprint density at radius 1 is 1.33 bits per heavy atom. The summed E-state index contributed by atoms with van der Waals surface area (Å²) in [6.07, 6.45) is 3.18. The van der Waals surface area contributed by atoms with Crippen molar-refractivity contribution in [3.8, 4) is 0 Å². The maximum Gasteiger partial charge on any atom is 0.469 e. The summed E-state index contributed by atoms with van der Waals surface area (Å²) in [5, 5.41) is 6.69. The molecule has 1 unspecified atom stereocenters. The molecule has 1 aromatic carbocycles. The fourth-order valence-electron chi connectivity index (χ4n) is 2.69. The molecule has 0 radical (unpaired) electrons. The van der Waals surface area contributed by atoms with Gasteiger partial charge in [0.05, 0.1) is 24.3 Å². The largest absolute Gasteiger partial charge is 0.469 e. The second kappa shape index (κ2) is 12.5. The van der Waals surface area contributed by atoms with Crippen LogP contribution >= 0.6 is 31.0 Å². The van der Waals surface area contributed by atoms with Crippen LogP contribution in [-0.4, -0.2) is 46.2 Å². The van der Waals surface area contributed by atoms with Gasteiger partial charge in [-0.3, -0.25) is 19.6 Å². The fraction of sp³-hybridized carbons (Fsp3) is 0.333. The number of phosphoric ester groups is 1. The number of benzene rings is 1. The molecule has 180 valence electrons. The Bertz CT molecular complexity index is 1060. The van der Waals surface area contributed by atoms with Gasteiger partial charge in [-0.2, -0.15) is 0 Å². The first-order valence-corrected chi connectivity index (χ1v) is 12.3. The van der Waals surface area contributed by atoms with E-state index >= 15 is 0 Å². The first kappa shape index (κ1) is 27.3. The standard InChI is InChI=1S/C21H27Cl2N4O5P/c1-13(2)26-12-24-10-18(23)14(3)16-8-19(25-9-16)21(28)27-20(11-32-33(29,30)31)15-5-4-6-17(22)7-15/h4-10,13,20,25-26H,11-12H2,1-3H3,(H,27,28)(H2,29,30,31)/b18-14-,24-10?. The molecule has 5 N–H and O–H groups in total. The van der Waals surface area contributed by atoms with Crippen LogP contribution in [0.2, 0.25) is 5.02 Å². The smallest absolute Gasteiger partial charge is 0.357 e. The van der Waals surface area contributed by atoms with Gasteiger partial charge < -0.3 is 20.1 Å². The SMILES string of the molecule is C/C(=C(/Cl)C=NCNC(C)C)c1c[nH]c(C(=O)NC(COP(=O)(O)O)c2cccc(Cl)c2)c1. The van der Waals surface area contributed by atoms with E-state index in [0.29, 0.717) is 33.9 Å². The predicted molar refractivity (Wildman–Crippen MR) is 131 cm³/mol. The minimum absolute atomic E-state index is 0.232. The van der Waals surface area contributed by atoms with Crippen LogP contribution in [0.25, 0.3) is 5.57 Å². The molecule has 2 rings (SSSR count). The van der Waals surface area contributed by atoms with Crippen LogP contribution in [0.4, 0.5) is 0 Å². The summed E-state index contributed by atoms with van der Waals surface area (Å²) in [5.41, 5.74) is 2.17. The average Bonchev–Trinajstić information content (AvgIpc) is 3.23. The van der Waals surface area contributed by atoms with Gasteiger partial charge in [-0.15, -0.1) is 0 Å². The van der Waals surface area contributed by atoms with E-state index in [9.17, 15) is 9.36 Å². The van der Waals surface area contributed by atoms with Crippen LogP contribution in [0.15, 0.2) is 46.6 Å². The highest BCUT2D eigenvalue weighted by Gasteiger charge is 2.22. The number of carbonyl (C=O) groups is 1. The number of aromatic nitrogens is 1. The Labute approximate surface area is 202 Å². The second-order valence-electron chi connectivity index (χ2n) is 7.47. The summed E-state index contributed by atoms with van der Waals surface area (Å²) >= 11 is 12.3. The molecule has 0 bridgehead atoms. The molecule has 1 aromatic heterocycles. The van der Waals surface area contributed by atoms with Crippen LogP contribution in [0.1, 0.15) is 48.4 Å². The molecule has 0 saturated carbocycles. The number of nitrogens with zero attached hydrogens (tertiary/aromatic N) is 1. The number of aliphatic imine (C=N–C) groups is 1. The minimum Gasteiger partial charge on any atom is -0.357 e. The van der Waals surface area contributed by atoms with Gasteiger partial charge >= 0.3 is 7.82 Å². The number of halogens is 2. The zero-order valence-corrected chi connectivity index (χ0v) is 20.8. The summed E-state index contributed by atoms with van der Waals surface area (Å²) in [6, 6.07) is 7.62. The third-order valence-electron chi connectivity index (χ3n) is 4.48. The lowest BCUT2D eigenvalue weighted by molar-refractivity contribution is 0.0904. The Morgan fingerprint density at radius 3 is 2.70 bits per heavy atom. The highest BCUT2D eigenvalue weighted by molar-refractivity contribution is 7.46. The van der Waals surface area contributed by atoms with E-state index in [1.165, 1.54) is 0 Å². The van der Waals surface area contributed by atoms with E-state index in [0.717, 1.165) is 5.57 Å². The van der Waals surface area contributed by atoms with Gasteiger partial charge in [0.25, 0.3) is 5.91 Å². The Morgan fingerprint density at radius 2 is 2.06 bits per heavy atom. The van der Waals surface area contributed by atoms with E-state index in [2.05, 4.69) is 25.1 Å². The van der Waals surface area contributed by atoms with Crippen LogP contribution in [0, 0.1) is 0 Å². The first-order chi connectivity index (χ1) is 15.5. The monoisotopic (exact) mass is 516 g/mol. The van der Waals surface area contributed by atoms with Gasteiger partial charge in [0.2, 0.25) is 0 Å². The lowest BCUT2D eigenvalue weighted by Crippen LogP contribution is -2.31. The number of H-pyrrole nitrogens is 1. The normalized spacial score (nSPS) is 13.9. The van der Waals surface area contributed by atoms with E-state index in [1.807, 2.05) is 13.8 Å². The van der Waals surface area contributed by atoms with Crippen LogP contribution in [0.3, 0.4) is 0 Å². The molecule has 1 atom stereocenters. The molecule has 0 fully saturated rings. The molecule has 0 aliphatic rings. The number of nitrogens with one attached hydrogen (secondary N) is 3. The van der Waals surface area contributed by atoms with Crippen molar-refractivity contribution in [3.63, 3.8) is 0 Å². The van der Waals surface area contributed by atoms with Crippen molar-refractivity contribution in [3.05, 3.63) is 63.4 Å². The quantitative estimate of drug-likeness (QED) is 0.224. The lowest BCUT2D eigenvalue weighted by atomic mass is 10.1. The Balaban J connectivity index is 2.15. The molecule has 12 heteroatoms. The van der Waals surface area contributed by atoms with Crippen molar-refractivity contribution in [1.82, 2.24) is 15.6 Å². The van der Waals surface area contributed by atoms with Gasteiger partial charge in [0.15, 0.2) is 0 Å². The van der Waals surface area contributed by atoms with Gasteiger partial charge in [0, 0.05) is 23.5 Å². The molecular weight excluding hydrogens is 490 g/mol. The highest BCUT2D eigenvalue weighted by Crippen LogP contribution is 2.37. The van der Waals surface area contributed by atoms with Crippen molar-refractivity contribution >= 4 is 48.7 Å². The molecule has 0 spiro atoms. The van der Waals surface area contributed by atoms with E-state index in [-0.39, 0.29) is 5.69 Å². The van der Waals surface area contributed by atoms with Crippen molar-refractivity contribution in [2.45, 2.75) is 32.9 Å². The maximum absolute atomic E-state index is 12.8. The molecule has 33 heavy (non-hydrogen) atoms. The van der Waals surface area contributed by atoms with Crippen LogP contribution in [-0.2, 0) is 9.09 Å². The molecule has 0 aliphatic carbocycles. The topological polar surface area (TPSA) is 136 Å². The maximum atomic E-state index is 12.8. The zero-order chi connectivity index (χ0) is 24.6. The molecule has 0 saturated heterocycles. The number of aromatic amines is 1. The Hall–Kier alpha value is -1.97. The summed E-state index contributed by atoms with van der Waals surface area (Å²) < 4.78 is 15.8. The first-order valence-electron chi connectivity index (χ1n) is 10.0. The Kier molecular flexibility index (Phi) is 10.3. The van der Waals surface area contributed by atoms with Crippen molar-refractivity contribution in [2.75, 3.05) is 13.3 Å². The van der Waals surface area contributed by atoms with Crippen LogP contribution < -0.4 is 10.6 Å². The highest BCUT2D eigenvalue weighted by atomic mass is 35.5. The molecule has 2 aromatic rings.